The molecule has 28 heavy (non-hydrogen) atoms. The first-order valence-corrected chi connectivity index (χ1v) is 9.15. The van der Waals surface area contributed by atoms with Crippen LogP contribution in [0.3, 0.4) is 0 Å². The molecule has 0 bridgehead atoms. The van der Waals surface area contributed by atoms with E-state index >= 15 is 0 Å². The van der Waals surface area contributed by atoms with Crippen molar-refractivity contribution in [2.45, 2.75) is 26.2 Å². The zero-order valence-electron chi connectivity index (χ0n) is 15.6. The van der Waals surface area contributed by atoms with E-state index in [1.54, 1.807) is 36.4 Å². The molecule has 1 aliphatic rings. The van der Waals surface area contributed by atoms with E-state index in [0.29, 0.717) is 23.3 Å². The predicted molar refractivity (Wildman–Crippen MR) is 105 cm³/mol. The minimum absolute atomic E-state index is 0.000243. The van der Waals surface area contributed by atoms with Gasteiger partial charge in [0.25, 0.3) is 0 Å². The Morgan fingerprint density at radius 3 is 2.82 bits per heavy atom. The van der Waals surface area contributed by atoms with Crippen molar-refractivity contribution in [1.29, 1.82) is 5.26 Å². The summed E-state index contributed by atoms with van der Waals surface area (Å²) < 4.78 is 34.3. The number of aryl methyl sites for hydroxylation is 1. The number of benzene rings is 1. The zero-order chi connectivity index (χ0) is 19.9. The van der Waals surface area contributed by atoms with E-state index in [4.69, 9.17) is 10.00 Å². The first-order valence-electron chi connectivity index (χ1n) is 9.15. The van der Waals surface area contributed by atoms with Gasteiger partial charge in [0.15, 0.2) is 0 Å². The summed E-state index contributed by atoms with van der Waals surface area (Å²) in [5, 5.41) is 8.91. The number of hydrogen-bond donors (Lipinski definition) is 0. The maximum absolute atomic E-state index is 14.5. The van der Waals surface area contributed by atoms with Crippen molar-refractivity contribution >= 4 is 0 Å². The number of halogens is 2. The molecule has 1 aliphatic carbocycles. The molecule has 0 N–H and O–H groups in total. The second kappa shape index (κ2) is 9.09. The van der Waals surface area contributed by atoms with Crippen LogP contribution in [-0.2, 0) is 6.42 Å². The summed E-state index contributed by atoms with van der Waals surface area (Å²) in [5.74, 6) is -0.518. The van der Waals surface area contributed by atoms with E-state index in [-0.39, 0.29) is 23.9 Å². The lowest BCUT2D eigenvalue weighted by Gasteiger charge is -2.10. The van der Waals surface area contributed by atoms with Gasteiger partial charge in [-0.1, -0.05) is 31.6 Å². The van der Waals surface area contributed by atoms with Crippen LogP contribution in [0.25, 0.3) is 11.3 Å². The second-order valence-corrected chi connectivity index (χ2v) is 6.48. The van der Waals surface area contributed by atoms with Gasteiger partial charge in [0.1, 0.15) is 18.3 Å². The van der Waals surface area contributed by atoms with E-state index in [1.807, 2.05) is 19.1 Å². The minimum atomic E-state index is -0.477. The smallest absolute Gasteiger partial charge is 0.214 e. The quantitative estimate of drug-likeness (QED) is 0.633. The largest absolute Gasteiger partial charge is 0.473 e. The first kappa shape index (κ1) is 19.5. The van der Waals surface area contributed by atoms with Crippen molar-refractivity contribution in [1.82, 2.24) is 4.98 Å². The molecule has 0 radical (unpaired) electrons. The summed E-state index contributed by atoms with van der Waals surface area (Å²) in [7, 11) is 0. The molecule has 0 saturated heterocycles. The number of pyridine rings is 1. The molecule has 0 saturated carbocycles. The van der Waals surface area contributed by atoms with Gasteiger partial charge < -0.3 is 4.74 Å². The van der Waals surface area contributed by atoms with E-state index in [0.717, 1.165) is 18.4 Å². The Kier molecular flexibility index (Phi) is 6.33. The third-order valence-electron chi connectivity index (χ3n) is 4.38. The molecule has 5 heteroatoms. The van der Waals surface area contributed by atoms with Crippen LogP contribution in [0.1, 0.15) is 25.3 Å². The van der Waals surface area contributed by atoms with Gasteiger partial charge >= 0.3 is 0 Å². The van der Waals surface area contributed by atoms with Crippen molar-refractivity contribution < 1.29 is 13.5 Å². The average Bonchev–Trinajstić information content (AvgIpc) is 2.88. The number of nitriles is 1. The summed E-state index contributed by atoms with van der Waals surface area (Å²) in [6, 6.07) is 12.2. The predicted octanol–water partition coefficient (Wildman–Crippen LogP) is 5.85. The summed E-state index contributed by atoms with van der Waals surface area (Å²) in [6.07, 6.45) is 6.62. The van der Waals surface area contributed by atoms with Crippen molar-refractivity contribution in [3.8, 4) is 23.2 Å². The Hall–Kier alpha value is -3.26. The van der Waals surface area contributed by atoms with E-state index < -0.39 is 5.83 Å². The number of allylic oxidation sites excluding steroid dienone is 5. The third-order valence-corrected chi connectivity index (χ3v) is 4.38. The van der Waals surface area contributed by atoms with E-state index in [9.17, 15) is 8.78 Å². The fraction of sp³-hybridized carbons (Fsp3) is 0.217. The standard InChI is InChI=1S/C23H20F2N2O/c1-2-5-16-10-11-19(21(25)12-16)22-8-4-9-23(27-22)28-15-18-7-3-6-17(14-26)13-20(18)24/h3-4,6,8-13H,2,5,7,15H2,1H3. The van der Waals surface area contributed by atoms with Crippen molar-refractivity contribution in [3.63, 3.8) is 0 Å². The van der Waals surface area contributed by atoms with Crippen molar-refractivity contribution in [3.05, 3.63) is 83.0 Å². The molecule has 0 aliphatic heterocycles. The molecule has 1 aromatic heterocycles. The SMILES string of the molecule is CCCc1ccc(-c2cccc(OCC3=C(F)C=C(C#N)C=CC3)n2)c(F)c1. The zero-order valence-corrected chi connectivity index (χ0v) is 15.6. The van der Waals surface area contributed by atoms with Crippen LogP contribution in [0, 0.1) is 17.1 Å². The third kappa shape index (κ3) is 4.72. The molecular formula is C23H20F2N2O. The number of hydrogen-bond acceptors (Lipinski definition) is 3. The molecule has 1 aromatic carbocycles. The maximum Gasteiger partial charge on any atom is 0.214 e. The lowest BCUT2D eigenvalue weighted by Crippen LogP contribution is -2.04. The number of nitrogens with zero attached hydrogens (tertiary/aromatic N) is 2. The summed E-state index contributed by atoms with van der Waals surface area (Å²) in [5.41, 5.74) is 2.48. The number of aromatic nitrogens is 1. The summed E-state index contributed by atoms with van der Waals surface area (Å²) >= 11 is 0. The molecule has 1 heterocycles. The molecule has 3 rings (SSSR count). The van der Waals surface area contributed by atoms with Crippen LogP contribution in [0.2, 0.25) is 0 Å². The highest BCUT2D eigenvalue weighted by Gasteiger charge is 2.11. The van der Waals surface area contributed by atoms with Gasteiger partial charge in [-0.05, 0) is 48.8 Å². The molecule has 142 valence electrons. The van der Waals surface area contributed by atoms with Gasteiger partial charge in [-0.3, -0.25) is 0 Å². The monoisotopic (exact) mass is 378 g/mol. The molecule has 2 aromatic rings. The van der Waals surface area contributed by atoms with Crippen molar-refractivity contribution in [2.75, 3.05) is 6.61 Å². The fourth-order valence-corrected chi connectivity index (χ4v) is 2.93. The van der Waals surface area contributed by atoms with Crippen LogP contribution in [0.15, 0.2) is 71.6 Å². The highest BCUT2D eigenvalue weighted by molar-refractivity contribution is 5.61. The first-order chi connectivity index (χ1) is 13.6. The molecule has 0 atom stereocenters. The Bertz CT molecular complexity index is 1000. The van der Waals surface area contributed by atoms with Gasteiger partial charge in [-0.25, -0.2) is 13.8 Å². The molecule has 0 spiro atoms. The molecule has 3 nitrogen and oxygen atoms in total. The van der Waals surface area contributed by atoms with E-state index in [2.05, 4.69) is 4.98 Å². The molecule has 0 amide bonds. The lowest BCUT2D eigenvalue weighted by atomic mass is 10.0. The topological polar surface area (TPSA) is 45.9 Å². The van der Waals surface area contributed by atoms with Crippen LogP contribution in [0.5, 0.6) is 5.88 Å². The van der Waals surface area contributed by atoms with E-state index in [1.165, 1.54) is 12.1 Å². The summed E-state index contributed by atoms with van der Waals surface area (Å²) in [4.78, 5) is 4.35. The Balaban J connectivity index is 1.77. The van der Waals surface area contributed by atoms with Gasteiger partial charge in [0.2, 0.25) is 5.88 Å². The molecule has 0 unspecified atom stereocenters. The Morgan fingerprint density at radius 1 is 1.21 bits per heavy atom. The Labute approximate surface area is 163 Å². The molecule has 0 fully saturated rings. The van der Waals surface area contributed by atoms with Crippen LogP contribution in [-0.4, -0.2) is 11.6 Å². The van der Waals surface area contributed by atoms with Crippen LogP contribution < -0.4 is 4.74 Å². The number of rotatable bonds is 6. The normalized spacial score (nSPS) is 13.7. The summed E-state index contributed by atoms with van der Waals surface area (Å²) in [6.45, 7) is 2.05. The highest BCUT2D eigenvalue weighted by Crippen LogP contribution is 2.25. The Morgan fingerprint density at radius 2 is 2.07 bits per heavy atom. The van der Waals surface area contributed by atoms with Crippen LogP contribution >= 0.6 is 0 Å². The van der Waals surface area contributed by atoms with Gasteiger partial charge in [-0.15, -0.1) is 0 Å². The van der Waals surface area contributed by atoms with Gasteiger partial charge in [0.05, 0.1) is 17.3 Å². The molecular weight excluding hydrogens is 358 g/mol. The minimum Gasteiger partial charge on any atom is -0.473 e. The van der Waals surface area contributed by atoms with Gasteiger partial charge in [-0.2, -0.15) is 5.26 Å². The highest BCUT2D eigenvalue weighted by atomic mass is 19.1. The van der Waals surface area contributed by atoms with Gasteiger partial charge in [0, 0.05) is 17.2 Å². The maximum atomic E-state index is 14.5. The number of ether oxygens (including phenoxy) is 1. The lowest BCUT2D eigenvalue weighted by molar-refractivity contribution is 0.332. The van der Waals surface area contributed by atoms with Crippen molar-refractivity contribution in [2.24, 2.45) is 0 Å². The average molecular weight is 378 g/mol. The van der Waals surface area contributed by atoms with Crippen LogP contribution in [0.4, 0.5) is 8.78 Å². The second-order valence-electron chi connectivity index (χ2n) is 6.48. The fourth-order valence-electron chi connectivity index (χ4n) is 2.93.